The first-order chi connectivity index (χ1) is 15.0. The van der Waals surface area contributed by atoms with Gasteiger partial charge in [-0.3, -0.25) is 18.3 Å². The fraction of sp³-hybridized carbons (Fsp3) is 0.435. The number of rotatable bonds is 5. The molecule has 1 atom stereocenters. The zero-order valence-corrected chi connectivity index (χ0v) is 18.2. The Labute approximate surface area is 179 Å². The molecule has 1 aromatic carbocycles. The summed E-state index contributed by atoms with van der Waals surface area (Å²) in [5.41, 5.74) is 3.35. The fourth-order valence-corrected chi connectivity index (χ4v) is 4.61. The normalized spacial score (nSPS) is 16.7. The summed E-state index contributed by atoms with van der Waals surface area (Å²) in [4.78, 5) is 31.2. The topological polar surface area (TPSA) is 75.5 Å². The smallest absolute Gasteiger partial charge is 0.332 e. The van der Waals surface area contributed by atoms with Crippen molar-refractivity contribution in [3.8, 4) is 0 Å². The molecule has 0 radical (unpaired) electrons. The number of hydrogen-bond acceptors (Lipinski definition) is 4. The van der Waals surface area contributed by atoms with Crippen LogP contribution in [0.5, 0.6) is 0 Å². The minimum Gasteiger partial charge on any atom is -0.376 e. The van der Waals surface area contributed by atoms with E-state index in [9.17, 15) is 9.59 Å². The monoisotopic (exact) mass is 421 g/mol. The molecule has 31 heavy (non-hydrogen) atoms. The Hall–Kier alpha value is -3.13. The molecular formula is C23H27N5O3. The molecule has 0 bridgehead atoms. The number of aromatic nitrogens is 5. The van der Waals surface area contributed by atoms with E-state index in [1.54, 1.807) is 7.05 Å². The molecule has 4 heterocycles. The lowest BCUT2D eigenvalue weighted by atomic mass is 10.1. The molecule has 1 fully saturated rings. The van der Waals surface area contributed by atoms with Gasteiger partial charge >= 0.3 is 5.69 Å². The molecule has 1 aliphatic rings. The SMILES string of the molecule is Cc1c(C)n2c3c(=O)n(CCc4ccccc4)c(=O)n(C)c3nc2n1C[C@@H]1CCCO1. The van der Waals surface area contributed by atoms with Crippen LogP contribution >= 0.6 is 0 Å². The lowest BCUT2D eigenvalue weighted by Crippen LogP contribution is -2.39. The van der Waals surface area contributed by atoms with Crippen molar-refractivity contribution in [1.29, 1.82) is 0 Å². The number of benzene rings is 1. The third-order valence-electron chi connectivity index (χ3n) is 6.51. The van der Waals surface area contributed by atoms with Gasteiger partial charge in [-0.05, 0) is 38.7 Å². The van der Waals surface area contributed by atoms with Crippen LogP contribution in [0.1, 0.15) is 29.8 Å². The molecule has 8 heteroatoms. The molecule has 0 amide bonds. The molecule has 0 unspecified atom stereocenters. The number of aryl methyl sites for hydroxylation is 3. The van der Waals surface area contributed by atoms with Crippen molar-refractivity contribution in [2.75, 3.05) is 6.61 Å². The first-order valence-corrected chi connectivity index (χ1v) is 10.8. The van der Waals surface area contributed by atoms with E-state index < -0.39 is 0 Å². The van der Waals surface area contributed by atoms with Crippen LogP contribution in [0.15, 0.2) is 39.9 Å². The Balaban J connectivity index is 1.67. The van der Waals surface area contributed by atoms with Gasteiger partial charge in [0.1, 0.15) is 0 Å². The Morgan fingerprint density at radius 1 is 1.10 bits per heavy atom. The summed E-state index contributed by atoms with van der Waals surface area (Å²) in [7, 11) is 1.68. The van der Waals surface area contributed by atoms with E-state index in [4.69, 9.17) is 9.72 Å². The minimum absolute atomic E-state index is 0.153. The van der Waals surface area contributed by atoms with Crippen molar-refractivity contribution < 1.29 is 4.74 Å². The summed E-state index contributed by atoms with van der Waals surface area (Å²) in [5, 5.41) is 0. The Bertz CT molecular complexity index is 1380. The van der Waals surface area contributed by atoms with Gasteiger partial charge in [0.15, 0.2) is 11.2 Å². The van der Waals surface area contributed by atoms with Gasteiger partial charge in [0, 0.05) is 31.6 Å². The van der Waals surface area contributed by atoms with Crippen LogP contribution < -0.4 is 11.2 Å². The Morgan fingerprint density at radius 2 is 1.87 bits per heavy atom. The molecule has 1 aliphatic heterocycles. The van der Waals surface area contributed by atoms with Crippen molar-refractivity contribution >= 4 is 16.9 Å². The van der Waals surface area contributed by atoms with Crippen LogP contribution in [-0.4, -0.2) is 35.8 Å². The summed E-state index contributed by atoms with van der Waals surface area (Å²) < 4.78 is 12.7. The van der Waals surface area contributed by atoms with E-state index in [1.807, 2.05) is 48.6 Å². The van der Waals surface area contributed by atoms with E-state index in [2.05, 4.69) is 4.57 Å². The molecular weight excluding hydrogens is 394 g/mol. The maximum Gasteiger partial charge on any atom is 0.332 e. The summed E-state index contributed by atoms with van der Waals surface area (Å²) >= 11 is 0. The molecule has 4 aromatic rings. The quantitative estimate of drug-likeness (QED) is 0.495. The van der Waals surface area contributed by atoms with Crippen molar-refractivity contribution in [3.63, 3.8) is 0 Å². The lowest BCUT2D eigenvalue weighted by molar-refractivity contribution is 0.0974. The van der Waals surface area contributed by atoms with Crippen molar-refractivity contribution in [3.05, 3.63) is 68.1 Å². The number of imidazole rings is 2. The Kier molecular flexibility index (Phi) is 4.81. The van der Waals surface area contributed by atoms with Crippen LogP contribution in [-0.2, 0) is 31.3 Å². The molecule has 1 saturated heterocycles. The summed E-state index contributed by atoms with van der Waals surface area (Å²) in [6, 6.07) is 9.88. The highest BCUT2D eigenvalue weighted by molar-refractivity contribution is 5.76. The summed E-state index contributed by atoms with van der Waals surface area (Å²) in [6.07, 6.45) is 2.85. The van der Waals surface area contributed by atoms with Gasteiger partial charge in [0.05, 0.1) is 12.6 Å². The maximum atomic E-state index is 13.5. The van der Waals surface area contributed by atoms with Crippen LogP contribution in [0.3, 0.4) is 0 Å². The standard InChI is InChI=1S/C23H27N5O3/c1-15-16(2)28-19-20(24-22(28)27(15)14-18-10-7-13-31-18)25(3)23(30)26(21(19)29)12-11-17-8-5-4-6-9-17/h4-6,8-9,18H,7,10-14H2,1-3H3/t18-/m0/s1. The van der Waals surface area contributed by atoms with Gasteiger partial charge in [-0.1, -0.05) is 30.3 Å². The van der Waals surface area contributed by atoms with Gasteiger partial charge in [0.25, 0.3) is 5.56 Å². The third kappa shape index (κ3) is 3.13. The van der Waals surface area contributed by atoms with Gasteiger partial charge in [-0.2, -0.15) is 4.98 Å². The van der Waals surface area contributed by atoms with E-state index in [-0.39, 0.29) is 17.4 Å². The second kappa shape index (κ2) is 7.53. The molecule has 5 rings (SSSR count). The van der Waals surface area contributed by atoms with Gasteiger partial charge < -0.3 is 9.30 Å². The van der Waals surface area contributed by atoms with Crippen molar-refractivity contribution in [1.82, 2.24) is 23.1 Å². The maximum absolute atomic E-state index is 13.5. The molecule has 0 spiro atoms. The zero-order chi connectivity index (χ0) is 21.7. The average molecular weight is 422 g/mol. The molecule has 8 nitrogen and oxygen atoms in total. The number of ether oxygens (including phenoxy) is 1. The summed E-state index contributed by atoms with van der Waals surface area (Å²) in [5.74, 6) is 0.688. The largest absolute Gasteiger partial charge is 0.376 e. The van der Waals surface area contributed by atoms with Gasteiger partial charge in [-0.15, -0.1) is 0 Å². The molecule has 162 valence electrons. The number of fused-ring (bicyclic) bond motifs is 3. The van der Waals surface area contributed by atoms with Crippen LogP contribution in [0.4, 0.5) is 0 Å². The second-order valence-corrected chi connectivity index (χ2v) is 8.37. The van der Waals surface area contributed by atoms with Crippen molar-refractivity contribution in [2.24, 2.45) is 7.05 Å². The highest BCUT2D eigenvalue weighted by Gasteiger charge is 2.25. The third-order valence-corrected chi connectivity index (χ3v) is 6.51. The van der Waals surface area contributed by atoms with E-state index >= 15 is 0 Å². The van der Waals surface area contributed by atoms with Gasteiger partial charge in [0.2, 0.25) is 5.78 Å². The average Bonchev–Trinajstić information content (AvgIpc) is 3.48. The number of hydrogen-bond donors (Lipinski definition) is 0. The summed E-state index contributed by atoms with van der Waals surface area (Å²) in [6.45, 7) is 5.85. The second-order valence-electron chi connectivity index (χ2n) is 8.37. The molecule has 0 aliphatic carbocycles. The zero-order valence-electron chi connectivity index (χ0n) is 18.2. The van der Waals surface area contributed by atoms with Crippen LogP contribution in [0.25, 0.3) is 16.9 Å². The van der Waals surface area contributed by atoms with Crippen LogP contribution in [0, 0.1) is 13.8 Å². The predicted octanol–water partition coefficient (Wildman–Crippen LogP) is 2.19. The van der Waals surface area contributed by atoms with E-state index in [0.717, 1.165) is 36.4 Å². The molecule has 3 aromatic heterocycles. The minimum atomic E-state index is -0.339. The van der Waals surface area contributed by atoms with Crippen LogP contribution in [0.2, 0.25) is 0 Å². The van der Waals surface area contributed by atoms with E-state index in [0.29, 0.717) is 36.5 Å². The highest BCUT2D eigenvalue weighted by Crippen LogP contribution is 2.23. The molecule has 0 N–H and O–H groups in total. The predicted molar refractivity (Wildman–Crippen MR) is 119 cm³/mol. The van der Waals surface area contributed by atoms with Crippen molar-refractivity contribution in [2.45, 2.75) is 52.3 Å². The lowest BCUT2D eigenvalue weighted by Gasteiger charge is -2.12. The Morgan fingerprint density at radius 3 is 2.58 bits per heavy atom. The molecule has 0 saturated carbocycles. The first-order valence-electron chi connectivity index (χ1n) is 10.8. The van der Waals surface area contributed by atoms with E-state index in [1.165, 1.54) is 9.13 Å². The first kappa shape index (κ1) is 19.8. The highest BCUT2D eigenvalue weighted by atomic mass is 16.5. The number of nitrogens with zero attached hydrogens (tertiary/aromatic N) is 5. The fourth-order valence-electron chi connectivity index (χ4n) is 4.61. The van der Waals surface area contributed by atoms with Gasteiger partial charge in [-0.25, -0.2) is 4.79 Å².